The van der Waals surface area contributed by atoms with E-state index in [1.165, 1.54) is 12.1 Å². The fourth-order valence-electron chi connectivity index (χ4n) is 3.52. The van der Waals surface area contributed by atoms with Crippen molar-refractivity contribution in [2.45, 2.75) is 44.6 Å². The summed E-state index contributed by atoms with van der Waals surface area (Å²) in [5.41, 5.74) is 1.98. The molecule has 0 aliphatic carbocycles. The second kappa shape index (κ2) is 11.3. The summed E-state index contributed by atoms with van der Waals surface area (Å²) >= 11 is 0. The Morgan fingerprint density at radius 2 is 1.74 bits per heavy atom. The van der Waals surface area contributed by atoms with Crippen molar-refractivity contribution in [3.8, 4) is 0 Å². The Kier molecular flexibility index (Phi) is 8.51. The first-order valence-electron chi connectivity index (χ1n) is 11.6. The van der Waals surface area contributed by atoms with Gasteiger partial charge in [0.25, 0.3) is 15.9 Å². The normalized spacial score (nSPS) is 14.9. The Balaban J connectivity index is 1.90. The van der Waals surface area contributed by atoms with Gasteiger partial charge < -0.3 is 20.9 Å². The zero-order valence-electron chi connectivity index (χ0n) is 19.8. The van der Waals surface area contributed by atoms with Crippen LogP contribution in [0.1, 0.15) is 44.0 Å². The Morgan fingerprint density at radius 3 is 2.35 bits per heavy atom. The monoisotopic (exact) mass is 487 g/mol. The van der Waals surface area contributed by atoms with Crippen molar-refractivity contribution >= 4 is 38.9 Å². The topological polar surface area (TPSA) is 120 Å². The maximum absolute atomic E-state index is 13.2. The number of piperazine rings is 1. The van der Waals surface area contributed by atoms with Crippen LogP contribution in [0.2, 0.25) is 0 Å². The summed E-state index contributed by atoms with van der Waals surface area (Å²) in [6, 6.07) is 11.1. The Labute approximate surface area is 201 Å². The molecule has 1 heterocycles. The molecular weight excluding hydrogens is 454 g/mol. The van der Waals surface area contributed by atoms with E-state index in [9.17, 15) is 18.0 Å². The number of carbonyl (C=O) groups excluding carboxylic acids is 2. The second-order valence-electron chi connectivity index (χ2n) is 8.28. The lowest BCUT2D eigenvalue weighted by molar-refractivity contribution is -0.115. The van der Waals surface area contributed by atoms with Crippen molar-refractivity contribution < 1.29 is 18.0 Å². The van der Waals surface area contributed by atoms with Crippen LogP contribution in [0.3, 0.4) is 0 Å². The van der Waals surface area contributed by atoms with Crippen LogP contribution in [0.4, 0.5) is 17.1 Å². The summed E-state index contributed by atoms with van der Waals surface area (Å²) in [6.45, 7) is 8.66. The van der Waals surface area contributed by atoms with E-state index in [0.717, 1.165) is 38.3 Å². The summed E-state index contributed by atoms with van der Waals surface area (Å²) in [5.74, 6) is -0.403. The first kappa shape index (κ1) is 25.5. The number of hydrogen-bond acceptors (Lipinski definition) is 6. The molecule has 0 unspecified atom stereocenters. The fourth-order valence-corrected chi connectivity index (χ4v) is 4.59. The minimum absolute atomic E-state index is 0.00667. The van der Waals surface area contributed by atoms with Crippen LogP contribution < -0.4 is 25.6 Å². The number of rotatable bonds is 9. The lowest BCUT2D eigenvalue weighted by atomic mass is 10.1. The molecule has 2 amide bonds. The van der Waals surface area contributed by atoms with Crippen LogP contribution in [-0.2, 0) is 14.8 Å². The molecule has 2 aromatic rings. The molecule has 1 atom stereocenters. The standard InChI is InChI=1S/C24H33N5O4S/c1-4-17(3)26-24(31)18-6-11-22(29-14-12-25-13-15-29)21(16-18)28-34(32,33)20-9-7-19(8-10-20)27-23(30)5-2/h6-11,16-17,25,28H,4-5,12-15H2,1-3H3,(H,26,31)(H,27,30)/t17-/m0/s1. The molecule has 1 fully saturated rings. The molecule has 3 rings (SSSR count). The number of anilines is 3. The maximum atomic E-state index is 13.2. The molecule has 2 aromatic carbocycles. The SMILES string of the molecule is CCC(=O)Nc1ccc(S(=O)(=O)Nc2cc(C(=O)N[C@@H](C)CC)ccc2N2CCNCC2)cc1. The number of amides is 2. The molecule has 1 saturated heterocycles. The van der Waals surface area contributed by atoms with Gasteiger partial charge in [-0.05, 0) is 55.8 Å². The molecule has 0 saturated carbocycles. The summed E-state index contributed by atoms with van der Waals surface area (Å²) in [4.78, 5) is 26.4. The average molecular weight is 488 g/mol. The van der Waals surface area contributed by atoms with E-state index in [-0.39, 0.29) is 22.8 Å². The second-order valence-corrected chi connectivity index (χ2v) is 9.97. The van der Waals surface area contributed by atoms with E-state index in [4.69, 9.17) is 0 Å². The van der Waals surface area contributed by atoms with Gasteiger partial charge in [0.1, 0.15) is 0 Å². The van der Waals surface area contributed by atoms with Gasteiger partial charge in [-0.1, -0.05) is 13.8 Å². The Morgan fingerprint density at radius 1 is 1.06 bits per heavy atom. The predicted molar refractivity (Wildman–Crippen MR) is 135 cm³/mol. The molecule has 0 bridgehead atoms. The van der Waals surface area contributed by atoms with Gasteiger partial charge >= 0.3 is 0 Å². The molecule has 0 aromatic heterocycles. The van der Waals surface area contributed by atoms with Gasteiger partial charge in [0.2, 0.25) is 5.91 Å². The third-order valence-electron chi connectivity index (χ3n) is 5.72. The number of nitrogens with zero attached hydrogens (tertiary/aromatic N) is 1. The van der Waals surface area contributed by atoms with Crippen molar-refractivity contribution in [3.05, 3.63) is 48.0 Å². The lowest BCUT2D eigenvalue weighted by Crippen LogP contribution is -2.43. The van der Waals surface area contributed by atoms with Crippen molar-refractivity contribution in [2.75, 3.05) is 41.1 Å². The van der Waals surface area contributed by atoms with Crippen LogP contribution in [0.25, 0.3) is 0 Å². The zero-order valence-corrected chi connectivity index (χ0v) is 20.7. The van der Waals surface area contributed by atoms with Gasteiger partial charge in [-0.25, -0.2) is 8.42 Å². The lowest BCUT2D eigenvalue weighted by Gasteiger charge is -2.31. The molecule has 4 N–H and O–H groups in total. The largest absolute Gasteiger partial charge is 0.367 e. The molecule has 1 aliphatic rings. The number of sulfonamides is 1. The molecular formula is C24H33N5O4S. The van der Waals surface area contributed by atoms with Crippen LogP contribution in [0.15, 0.2) is 47.4 Å². The van der Waals surface area contributed by atoms with E-state index in [2.05, 4.69) is 25.6 Å². The van der Waals surface area contributed by atoms with Crippen molar-refractivity contribution in [1.82, 2.24) is 10.6 Å². The minimum atomic E-state index is -3.93. The Bertz CT molecular complexity index is 1110. The van der Waals surface area contributed by atoms with Crippen LogP contribution in [0.5, 0.6) is 0 Å². The average Bonchev–Trinajstić information content (AvgIpc) is 2.84. The third kappa shape index (κ3) is 6.48. The smallest absolute Gasteiger partial charge is 0.261 e. The van der Waals surface area contributed by atoms with E-state index >= 15 is 0 Å². The summed E-state index contributed by atoms with van der Waals surface area (Å²) < 4.78 is 29.1. The van der Waals surface area contributed by atoms with Gasteiger partial charge in [-0.2, -0.15) is 0 Å². The molecule has 1 aliphatic heterocycles. The first-order chi connectivity index (χ1) is 16.2. The highest BCUT2D eigenvalue weighted by Gasteiger charge is 2.22. The van der Waals surface area contributed by atoms with Crippen molar-refractivity contribution in [1.29, 1.82) is 0 Å². The highest BCUT2D eigenvalue weighted by atomic mass is 32.2. The molecule has 10 heteroatoms. The molecule has 9 nitrogen and oxygen atoms in total. The minimum Gasteiger partial charge on any atom is -0.367 e. The van der Waals surface area contributed by atoms with E-state index < -0.39 is 10.0 Å². The van der Waals surface area contributed by atoms with Gasteiger partial charge in [-0.3, -0.25) is 14.3 Å². The van der Waals surface area contributed by atoms with Gasteiger partial charge in [0, 0.05) is 49.9 Å². The third-order valence-corrected chi connectivity index (χ3v) is 7.10. The van der Waals surface area contributed by atoms with Gasteiger partial charge in [0.05, 0.1) is 16.3 Å². The van der Waals surface area contributed by atoms with Crippen LogP contribution in [-0.4, -0.2) is 52.5 Å². The predicted octanol–water partition coefficient (Wildman–Crippen LogP) is 2.77. The van der Waals surface area contributed by atoms with Gasteiger partial charge in [-0.15, -0.1) is 0 Å². The van der Waals surface area contributed by atoms with Crippen molar-refractivity contribution in [3.63, 3.8) is 0 Å². The quantitative estimate of drug-likeness (QED) is 0.432. The van der Waals surface area contributed by atoms with E-state index in [1.54, 1.807) is 37.3 Å². The van der Waals surface area contributed by atoms with Crippen molar-refractivity contribution in [2.24, 2.45) is 0 Å². The van der Waals surface area contributed by atoms with E-state index in [0.29, 0.717) is 23.4 Å². The molecule has 0 radical (unpaired) electrons. The van der Waals surface area contributed by atoms with Gasteiger partial charge in [0.15, 0.2) is 0 Å². The van der Waals surface area contributed by atoms with E-state index in [1.807, 2.05) is 13.8 Å². The number of benzene rings is 2. The van der Waals surface area contributed by atoms with Crippen LogP contribution >= 0.6 is 0 Å². The first-order valence-corrected chi connectivity index (χ1v) is 13.0. The molecule has 184 valence electrons. The fraction of sp³-hybridized carbons (Fsp3) is 0.417. The maximum Gasteiger partial charge on any atom is 0.261 e. The summed E-state index contributed by atoms with van der Waals surface area (Å²) in [5, 5.41) is 8.90. The zero-order chi connectivity index (χ0) is 24.7. The Hall–Kier alpha value is -3.11. The number of hydrogen-bond donors (Lipinski definition) is 4. The molecule has 34 heavy (non-hydrogen) atoms. The summed E-state index contributed by atoms with van der Waals surface area (Å²) in [6.07, 6.45) is 1.12. The highest BCUT2D eigenvalue weighted by Crippen LogP contribution is 2.30. The number of carbonyl (C=O) groups is 2. The molecule has 0 spiro atoms. The highest BCUT2D eigenvalue weighted by molar-refractivity contribution is 7.92. The van der Waals surface area contributed by atoms with Crippen LogP contribution in [0, 0.1) is 0 Å². The summed E-state index contributed by atoms with van der Waals surface area (Å²) in [7, 11) is -3.93. The number of nitrogens with one attached hydrogen (secondary N) is 4.